The van der Waals surface area contributed by atoms with Gasteiger partial charge in [-0.05, 0) is 17.7 Å². The van der Waals surface area contributed by atoms with Crippen LogP contribution >= 0.6 is 11.3 Å². The van der Waals surface area contributed by atoms with E-state index in [0.29, 0.717) is 17.1 Å². The fourth-order valence-corrected chi connectivity index (χ4v) is 3.43. The maximum Gasteiger partial charge on any atom is 0.244 e. The summed E-state index contributed by atoms with van der Waals surface area (Å²) in [4.78, 5) is 18.6. The summed E-state index contributed by atoms with van der Waals surface area (Å²) < 4.78 is 27.8. The zero-order valence-electron chi connectivity index (χ0n) is 11.7. The van der Waals surface area contributed by atoms with Gasteiger partial charge in [-0.3, -0.25) is 9.69 Å². The fourth-order valence-electron chi connectivity index (χ4n) is 2.91. The van der Waals surface area contributed by atoms with Crippen LogP contribution in [0, 0.1) is 11.6 Å². The minimum Gasteiger partial charge on any atom is -0.273 e. The Hall–Kier alpha value is -2.60. The molecule has 0 radical (unpaired) electrons. The van der Waals surface area contributed by atoms with Crippen molar-refractivity contribution in [3.63, 3.8) is 0 Å². The van der Waals surface area contributed by atoms with Crippen LogP contribution in [0.4, 0.5) is 20.3 Å². The number of carbonyl (C=O) groups is 1. The summed E-state index contributed by atoms with van der Waals surface area (Å²) in [5.41, 5.74) is 2.97. The quantitative estimate of drug-likeness (QED) is 0.705. The summed E-state index contributed by atoms with van der Waals surface area (Å²) in [6, 6.07) is 11.0. The molecule has 1 aliphatic heterocycles. The minimum absolute atomic E-state index is 0.0418. The van der Waals surface area contributed by atoms with Crippen LogP contribution in [0.5, 0.6) is 0 Å². The number of para-hydroxylation sites is 1. The van der Waals surface area contributed by atoms with Crippen LogP contribution in [0.25, 0.3) is 0 Å². The van der Waals surface area contributed by atoms with Crippen molar-refractivity contribution in [3.05, 3.63) is 76.1 Å². The van der Waals surface area contributed by atoms with E-state index in [2.05, 4.69) is 4.98 Å². The Kier molecular flexibility index (Phi) is 3.20. The lowest BCUT2D eigenvalue weighted by molar-refractivity contribution is -0.117. The molecule has 0 N–H and O–H groups in total. The highest BCUT2D eigenvalue weighted by Gasteiger charge is 2.41. The average molecular weight is 328 g/mol. The summed E-state index contributed by atoms with van der Waals surface area (Å²) >= 11 is 1.37. The van der Waals surface area contributed by atoms with Gasteiger partial charge in [-0.25, -0.2) is 13.8 Å². The molecule has 0 bridgehead atoms. The SMILES string of the molecule is O=C1C(c2cccc(F)c2F)c2ccccc2N1c1cscn1. The van der Waals surface area contributed by atoms with Crippen molar-refractivity contribution in [1.82, 2.24) is 4.98 Å². The highest BCUT2D eigenvalue weighted by molar-refractivity contribution is 7.08. The van der Waals surface area contributed by atoms with Gasteiger partial charge < -0.3 is 0 Å². The Morgan fingerprint density at radius 3 is 2.61 bits per heavy atom. The summed E-state index contributed by atoms with van der Waals surface area (Å²) in [7, 11) is 0. The molecule has 1 amide bonds. The van der Waals surface area contributed by atoms with Crippen molar-refractivity contribution in [2.24, 2.45) is 0 Å². The molecule has 0 saturated heterocycles. The van der Waals surface area contributed by atoms with Crippen LogP contribution in [0.3, 0.4) is 0 Å². The van der Waals surface area contributed by atoms with Crippen molar-refractivity contribution in [3.8, 4) is 0 Å². The van der Waals surface area contributed by atoms with Gasteiger partial charge in [-0.15, -0.1) is 11.3 Å². The van der Waals surface area contributed by atoms with Crippen molar-refractivity contribution >= 4 is 28.7 Å². The average Bonchev–Trinajstić information content (AvgIpc) is 3.16. The number of aromatic nitrogens is 1. The number of carbonyl (C=O) groups excluding carboxylic acids is 1. The maximum absolute atomic E-state index is 14.2. The van der Waals surface area contributed by atoms with Gasteiger partial charge in [0.05, 0.1) is 17.1 Å². The lowest BCUT2D eigenvalue weighted by atomic mass is 9.92. The van der Waals surface area contributed by atoms with Crippen molar-refractivity contribution in [2.45, 2.75) is 5.92 Å². The Balaban J connectivity index is 1.92. The molecule has 6 heteroatoms. The Labute approximate surface area is 134 Å². The molecule has 1 unspecified atom stereocenters. The molecule has 0 aliphatic carbocycles. The van der Waals surface area contributed by atoms with E-state index in [1.54, 1.807) is 35.2 Å². The number of halogens is 2. The number of nitrogens with zero attached hydrogens (tertiary/aromatic N) is 2. The van der Waals surface area contributed by atoms with Crippen LogP contribution in [-0.2, 0) is 4.79 Å². The third-order valence-electron chi connectivity index (χ3n) is 3.90. The number of benzene rings is 2. The highest BCUT2D eigenvalue weighted by atomic mass is 32.1. The van der Waals surface area contributed by atoms with Crippen LogP contribution in [0.2, 0.25) is 0 Å². The van der Waals surface area contributed by atoms with Gasteiger partial charge in [-0.1, -0.05) is 30.3 Å². The standard InChI is InChI=1S/C17H10F2N2OS/c18-12-6-3-5-11(16(12)19)15-10-4-1-2-7-13(10)21(17(15)22)14-8-23-9-20-14/h1-9,15H. The van der Waals surface area contributed by atoms with E-state index in [4.69, 9.17) is 0 Å². The molecule has 1 aromatic heterocycles. The molecule has 114 valence electrons. The first kappa shape index (κ1) is 14.0. The van der Waals surface area contributed by atoms with E-state index in [-0.39, 0.29) is 11.5 Å². The second-order valence-electron chi connectivity index (χ2n) is 5.16. The molecule has 3 nitrogen and oxygen atoms in total. The summed E-state index contributed by atoms with van der Waals surface area (Å²) in [5.74, 6) is -2.65. The molecule has 0 saturated carbocycles. The Bertz CT molecular complexity index is 895. The third-order valence-corrected chi connectivity index (χ3v) is 4.47. The van der Waals surface area contributed by atoms with E-state index in [1.807, 2.05) is 0 Å². The van der Waals surface area contributed by atoms with Crippen LogP contribution in [0.15, 0.2) is 53.4 Å². The van der Waals surface area contributed by atoms with E-state index in [1.165, 1.54) is 28.4 Å². The van der Waals surface area contributed by atoms with Crippen LogP contribution in [0.1, 0.15) is 17.0 Å². The molecule has 4 rings (SSSR count). The molecule has 2 aromatic carbocycles. The molecular formula is C17H10F2N2OS. The van der Waals surface area contributed by atoms with Crippen molar-refractivity contribution in [1.29, 1.82) is 0 Å². The van der Waals surface area contributed by atoms with Crippen LogP contribution < -0.4 is 4.90 Å². The van der Waals surface area contributed by atoms with E-state index < -0.39 is 17.6 Å². The molecule has 1 atom stereocenters. The molecule has 0 fully saturated rings. The number of fused-ring (bicyclic) bond motifs is 1. The number of rotatable bonds is 2. The lowest BCUT2D eigenvalue weighted by Crippen LogP contribution is -2.25. The van der Waals surface area contributed by atoms with Gasteiger partial charge in [0, 0.05) is 10.9 Å². The molecule has 3 aromatic rings. The topological polar surface area (TPSA) is 33.2 Å². The zero-order chi connectivity index (χ0) is 16.0. The summed E-state index contributed by atoms with van der Waals surface area (Å²) in [5, 5.41) is 1.75. The zero-order valence-corrected chi connectivity index (χ0v) is 12.6. The summed E-state index contributed by atoms with van der Waals surface area (Å²) in [6.07, 6.45) is 0. The van der Waals surface area contributed by atoms with Crippen molar-refractivity contribution < 1.29 is 13.6 Å². The highest BCUT2D eigenvalue weighted by Crippen LogP contribution is 2.45. The summed E-state index contributed by atoms with van der Waals surface area (Å²) in [6.45, 7) is 0. The number of anilines is 2. The van der Waals surface area contributed by atoms with Gasteiger partial charge in [0.25, 0.3) is 0 Å². The number of hydrogen-bond acceptors (Lipinski definition) is 3. The smallest absolute Gasteiger partial charge is 0.244 e. The monoisotopic (exact) mass is 328 g/mol. The first-order valence-electron chi connectivity index (χ1n) is 6.93. The Morgan fingerprint density at radius 1 is 1.04 bits per heavy atom. The lowest BCUT2D eigenvalue weighted by Gasteiger charge is -2.15. The number of thiazole rings is 1. The molecule has 0 spiro atoms. The second-order valence-corrected chi connectivity index (χ2v) is 5.87. The number of amides is 1. The minimum atomic E-state index is -0.985. The molecule has 23 heavy (non-hydrogen) atoms. The third kappa shape index (κ3) is 2.06. The van der Waals surface area contributed by atoms with Crippen LogP contribution in [-0.4, -0.2) is 10.9 Å². The van der Waals surface area contributed by atoms with E-state index in [0.717, 1.165) is 6.07 Å². The first-order valence-corrected chi connectivity index (χ1v) is 7.87. The fraction of sp³-hybridized carbons (Fsp3) is 0.0588. The predicted molar refractivity (Wildman–Crippen MR) is 83.9 cm³/mol. The van der Waals surface area contributed by atoms with Gasteiger partial charge in [0.1, 0.15) is 0 Å². The molecule has 2 heterocycles. The number of hydrogen-bond donors (Lipinski definition) is 0. The van der Waals surface area contributed by atoms with Gasteiger partial charge in [0.2, 0.25) is 5.91 Å². The Morgan fingerprint density at radius 2 is 1.83 bits per heavy atom. The van der Waals surface area contributed by atoms with E-state index in [9.17, 15) is 13.6 Å². The van der Waals surface area contributed by atoms with Gasteiger partial charge >= 0.3 is 0 Å². The molecule has 1 aliphatic rings. The first-order chi connectivity index (χ1) is 11.2. The predicted octanol–water partition coefficient (Wildman–Crippen LogP) is 4.23. The van der Waals surface area contributed by atoms with Gasteiger partial charge in [0.15, 0.2) is 17.5 Å². The maximum atomic E-state index is 14.2. The normalized spacial score (nSPS) is 16.7. The van der Waals surface area contributed by atoms with Crippen molar-refractivity contribution in [2.75, 3.05) is 4.90 Å². The van der Waals surface area contributed by atoms with Gasteiger partial charge in [-0.2, -0.15) is 0 Å². The van der Waals surface area contributed by atoms with E-state index >= 15 is 0 Å². The largest absolute Gasteiger partial charge is 0.273 e. The molecular weight excluding hydrogens is 318 g/mol. The second kappa shape index (κ2) is 5.24.